The first-order valence-electron chi connectivity index (χ1n) is 8.93. The Morgan fingerprint density at radius 2 is 1.83 bits per heavy atom. The Morgan fingerprint density at radius 3 is 2.33 bits per heavy atom. The van der Waals surface area contributed by atoms with Crippen molar-refractivity contribution in [3.8, 4) is 0 Å². The Labute approximate surface area is 164 Å². The van der Waals surface area contributed by atoms with E-state index in [0.717, 1.165) is 32.1 Å². The van der Waals surface area contributed by atoms with Gasteiger partial charge in [0.2, 0.25) is 0 Å². The van der Waals surface area contributed by atoms with Crippen LogP contribution in [0.15, 0.2) is 4.99 Å². The van der Waals surface area contributed by atoms with Gasteiger partial charge in [-0.3, -0.25) is 9.89 Å². The molecule has 1 saturated heterocycles. The third-order valence-electron chi connectivity index (χ3n) is 5.24. The molecule has 0 aromatic carbocycles. The molecule has 0 aromatic rings. The smallest absolute Gasteiger partial charge is 0.191 e. The van der Waals surface area contributed by atoms with Crippen molar-refractivity contribution in [3.63, 3.8) is 0 Å². The van der Waals surface area contributed by atoms with E-state index in [1.807, 2.05) is 0 Å². The molecule has 24 heavy (non-hydrogen) atoms. The lowest BCUT2D eigenvalue weighted by atomic mass is 9.67. The second-order valence-corrected chi connectivity index (χ2v) is 9.13. The highest BCUT2D eigenvalue weighted by Crippen LogP contribution is 2.43. The number of rotatable bonds is 7. The fourth-order valence-electron chi connectivity index (χ4n) is 3.20. The standard InChI is InChI=1S/C16H32N4O2S.HI/c1-3-16(6-5-7-16)14-19-15(17-4-2)18-8-9-20-10-12-23(21,22)13-11-20;/h3-14H2,1-2H3,(H2,17,18,19);1H. The summed E-state index contributed by atoms with van der Waals surface area (Å²) < 4.78 is 22.9. The zero-order chi connectivity index (χ0) is 16.8. The van der Waals surface area contributed by atoms with Gasteiger partial charge in [-0.2, -0.15) is 0 Å². The van der Waals surface area contributed by atoms with Crippen LogP contribution in [-0.4, -0.2) is 70.1 Å². The summed E-state index contributed by atoms with van der Waals surface area (Å²) in [6.45, 7) is 9.05. The van der Waals surface area contributed by atoms with Gasteiger partial charge in [0.05, 0.1) is 11.5 Å². The highest BCUT2D eigenvalue weighted by atomic mass is 127. The van der Waals surface area contributed by atoms with Gasteiger partial charge in [0.1, 0.15) is 0 Å². The largest absolute Gasteiger partial charge is 0.357 e. The first-order valence-corrected chi connectivity index (χ1v) is 10.8. The Kier molecular flexibility index (Phi) is 9.29. The average Bonchev–Trinajstić information content (AvgIpc) is 2.48. The number of sulfone groups is 1. The predicted molar refractivity (Wildman–Crippen MR) is 111 cm³/mol. The van der Waals surface area contributed by atoms with Crippen LogP contribution in [0.3, 0.4) is 0 Å². The van der Waals surface area contributed by atoms with E-state index < -0.39 is 9.84 Å². The molecule has 0 spiro atoms. The SMILES string of the molecule is CCNC(=NCC1(CC)CCC1)NCCN1CCS(=O)(=O)CC1.I. The third kappa shape index (κ3) is 6.67. The van der Waals surface area contributed by atoms with Crippen LogP contribution in [0.4, 0.5) is 0 Å². The molecular weight excluding hydrogens is 439 g/mol. The van der Waals surface area contributed by atoms with Crippen LogP contribution in [0.2, 0.25) is 0 Å². The normalized spacial score (nSPS) is 23.0. The van der Waals surface area contributed by atoms with Gasteiger partial charge in [-0.1, -0.05) is 13.3 Å². The monoisotopic (exact) mass is 472 g/mol. The number of hydrogen-bond acceptors (Lipinski definition) is 4. The average molecular weight is 472 g/mol. The van der Waals surface area contributed by atoms with Crippen molar-refractivity contribution in [2.75, 3.05) is 50.8 Å². The molecular formula is C16H33IN4O2S. The number of halogens is 1. The third-order valence-corrected chi connectivity index (χ3v) is 6.85. The molecule has 0 aromatic heterocycles. The highest BCUT2D eigenvalue weighted by Gasteiger charge is 2.34. The van der Waals surface area contributed by atoms with Crippen molar-refractivity contribution in [1.82, 2.24) is 15.5 Å². The van der Waals surface area contributed by atoms with E-state index in [0.29, 0.717) is 30.0 Å². The fraction of sp³-hybridized carbons (Fsp3) is 0.938. The fourth-order valence-corrected chi connectivity index (χ4v) is 4.47. The zero-order valence-electron chi connectivity index (χ0n) is 15.0. The summed E-state index contributed by atoms with van der Waals surface area (Å²) in [7, 11) is -2.79. The number of nitrogens with zero attached hydrogens (tertiary/aromatic N) is 2. The maximum Gasteiger partial charge on any atom is 0.191 e. The Balaban J connectivity index is 0.00000288. The first kappa shape index (κ1) is 22.0. The van der Waals surface area contributed by atoms with Crippen molar-refractivity contribution < 1.29 is 8.42 Å². The maximum atomic E-state index is 11.4. The van der Waals surface area contributed by atoms with Crippen LogP contribution in [0.25, 0.3) is 0 Å². The van der Waals surface area contributed by atoms with Gasteiger partial charge < -0.3 is 10.6 Å². The molecule has 142 valence electrons. The predicted octanol–water partition coefficient (Wildman–Crippen LogP) is 1.47. The van der Waals surface area contributed by atoms with E-state index in [2.05, 4.69) is 29.4 Å². The molecule has 2 fully saturated rings. The minimum Gasteiger partial charge on any atom is -0.357 e. The van der Waals surface area contributed by atoms with Gasteiger partial charge in [0.25, 0.3) is 0 Å². The van der Waals surface area contributed by atoms with Crippen molar-refractivity contribution in [1.29, 1.82) is 0 Å². The summed E-state index contributed by atoms with van der Waals surface area (Å²) >= 11 is 0. The van der Waals surface area contributed by atoms with Gasteiger partial charge in [0.15, 0.2) is 15.8 Å². The lowest BCUT2D eigenvalue weighted by Crippen LogP contribution is -2.46. The van der Waals surface area contributed by atoms with E-state index in [-0.39, 0.29) is 24.0 Å². The minimum absolute atomic E-state index is 0. The van der Waals surface area contributed by atoms with Crippen LogP contribution >= 0.6 is 24.0 Å². The Bertz CT molecular complexity index is 487. The van der Waals surface area contributed by atoms with Crippen molar-refractivity contribution in [2.24, 2.45) is 10.4 Å². The van der Waals surface area contributed by atoms with E-state index in [1.54, 1.807) is 0 Å². The molecule has 0 bridgehead atoms. The first-order chi connectivity index (χ1) is 11.0. The summed E-state index contributed by atoms with van der Waals surface area (Å²) in [4.78, 5) is 6.97. The van der Waals surface area contributed by atoms with E-state index in [1.165, 1.54) is 25.7 Å². The van der Waals surface area contributed by atoms with Crippen LogP contribution in [0, 0.1) is 5.41 Å². The molecule has 1 saturated carbocycles. The lowest BCUT2D eigenvalue weighted by Gasteiger charge is -2.40. The molecule has 0 radical (unpaired) electrons. The number of aliphatic imine (C=N–C) groups is 1. The molecule has 2 rings (SSSR count). The summed E-state index contributed by atoms with van der Waals surface area (Å²) in [6, 6.07) is 0. The minimum atomic E-state index is -2.79. The number of hydrogen-bond donors (Lipinski definition) is 2. The highest BCUT2D eigenvalue weighted by molar-refractivity contribution is 14.0. The second-order valence-electron chi connectivity index (χ2n) is 6.82. The Hall–Kier alpha value is -0.0900. The van der Waals surface area contributed by atoms with Crippen LogP contribution in [0.5, 0.6) is 0 Å². The summed E-state index contributed by atoms with van der Waals surface area (Å²) in [5.74, 6) is 1.47. The summed E-state index contributed by atoms with van der Waals surface area (Å²) in [6.07, 6.45) is 5.15. The van der Waals surface area contributed by atoms with Crippen LogP contribution in [0.1, 0.15) is 39.5 Å². The van der Waals surface area contributed by atoms with Crippen molar-refractivity contribution in [2.45, 2.75) is 39.5 Å². The molecule has 2 N–H and O–H groups in total. The van der Waals surface area contributed by atoms with Crippen molar-refractivity contribution in [3.05, 3.63) is 0 Å². The topological polar surface area (TPSA) is 73.8 Å². The summed E-state index contributed by atoms with van der Waals surface area (Å²) in [5, 5.41) is 6.68. The van der Waals surface area contributed by atoms with Gasteiger partial charge in [-0.15, -0.1) is 24.0 Å². The van der Waals surface area contributed by atoms with Crippen LogP contribution in [-0.2, 0) is 9.84 Å². The maximum absolute atomic E-state index is 11.4. The van der Waals surface area contributed by atoms with Gasteiger partial charge >= 0.3 is 0 Å². The van der Waals surface area contributed by atoms with Gasteiger partial charge in [-0.25, -0.2) is 8.42 Å². The molecule has 2 aliphatic rings. The molecule has 1 aliphatic heterocycles. The van der Waals surface area contributed by atoms with E-state index >= 15 is 0 Å². The van der Waals surface area contributed by atoms with Gasteiger partial charge in [0, 0.05) is 39.3 Å². The molecule has 1 aliphatic carbocycles. The molecule has 6 nitrogen and oxygen atoms in total. The number of guanidine groups is 1. The van der Waals surface area contributed by atoms with Crippen molar-refractivity contribution >= 4 is 39.8 Å². The molecule has 0 atom stereocenters. The van der Waals surface area contributed by atoms with E-state index in [9.17, 15) is 8.42 Å². The lowest BCUT2D eigenvalue weighted by molar-refractivity contribution is 0.139. The Morgan fingerprint density at radius 1 is 1.17 bits per heavy atom. The zero-order valence-corrected chi connectivity index (χ0v) is 18.2. The molecule has 8 heteroatoms. The van der Waals surface area contributed by atoms with E-state index in [4.69, 9.17) is 4.99 Å². The molecule has 0 unspecified atom stereocenters. The second kappa shape index (κ2) is 10.2. The quantitative estimate of drug-likeness (QED) is 0.334. The molecule has 0 amide bonds. The van der Waals surface area contributed by atoms with Gasteiger partial charge in [-0.05, 0) is 31.6 Å². The molecule has 1 heterocycles. The number of nitrogens with one attached hydrogen (secondary N) is 2. The summed E-state index contributed by atoms with van der Waals surface area (Å²) in [5.41, 5.74) is 0.434. The van der Waals surface area contributed by atoms with Crippen LogP contribution < -0.4 is 10.6 Å².